The Kier molecular flexibility index (Phi) is 16.4. The zero-order chi connectivity index (χ0) is 13.0. The summed E-state index contributed by atoms with van der Waals surface area (Å²) in [5.74, 6) is 0. The summed E-state index contributed by atoms with van der Waals surface area (Å²) >= 11 is 4.24. The fourth-order valence-corrected chi connectivity index (χ4v) is 1.24. The van der Waals surface area contributed by atoms with E-state index >= 15 is 0 Å². The first-order chi connectivity index (χ1) is 7.77. The summed E-state index contributed by atoms with van der Waals surface area (Å²) in [6, 6.07) is 8.22. The number of hydrogen-bond donors (Lipinski definition) is 0. The van der Waals surface area contributed by atoms with Crippen molar-refractivity contribution in [1.82, 2.24) is 0 Å². The summed E-state index contributed by atoms with van der Waals surface area (Å²) in [6.45, 7) is 6.06. The number of benzene rings is 1. The number of rotatable bonds is 3. The van der Waals surface area contributed by atoms with Gasteiger partial charge in [0.2, 0.25) is 0 Å². The summed E-state index contributed by atoms with van der Waals surface area (Å²) in [6.07, 6.45) is 0.560. The number of halogens is 2. The molecule has 0 heterocycles. The van der Waals surface area contributed by atoms with Crippen LogP contribution in [0.5, 0.6) is 0 Å². The Morgan fingerprint density at radius 3 is 2.25 bits per heavy atom. The van der Waals surface area contributed by atoms with E-state index in [0.717, 1.165) is 5.56 Å². The van der Waals surface area contributed by atoms with Crippen molar-refractivity contribution in [3.63, 3.8) is 0 Å². The van der Waals surface area contributed by atoms with Crippen LogP contribution in [0.15, 0.2) is 24.3 Å². The standard InChI is InChI=1S/C10H13BO.C2H6.I2/c1-8-4-3-5-9(6-8)10(7-11)12-2;2*1-2/h3-6,10H,7H2,1-2H3;1-2H3;. The third-order valence-electron chi connectivity index (χ3n) is 1.91. The van der Waals surface area contributed by atoms with Crippen molar-refractivity contribution in [2.75, 3.05) is 7.11 Å². The van der Waals surface area contributed by atoms with E-state index in [0.29, 0.717) is 6.32 Å². The molecule has 0 aromatic heterocycles. The molecule has 1 nitrogen and oxygen atoms in total. The minimum atomic E-state index is 0.0323. The fraction of sp³-hybridized carbons (Fsp3) is 0.500. The third kappa shape index (κ3) is 7.89. The van der Waals surface area contributed by atoms with Gasteiger partial charge < -0.3 is 4.74 Å². The van der Waals surface area contributed by atoms with Crippen LogP contribution in [0, 0.1) is 6.92 Å². The van der Waals surface area contributed by atoms with Crippen molar-refractivity contribution in [3.8, 4) is 0 Å². The minimum Gasteiger partial charge on any atom is -0.378 e. The SMILES string of the molecule is CC.II.[B]CC(OC)c1cccc(C)c1. The maximum Gasteiger partial charge on any atom is 0.0744 e. The minimum absolute atomic E-state index is 0.0323. The average Bonchev–Trinajstić information content (AvgIpc) is 2.36. The van der Waals surface area contributed by atoms with Crippen LogP contribution in [0.3, 0.4) is 0 Å². The first-order valence-electron chi connectivity index (χ1n) is 5.21. The lowest BCUT2D eigenvalue weighted by Crippen LogP contribution is -2.00. The zero-order valence-electron chi connectivity index (χ0n) is 10.3. The van der Waals surface area contributed by atoms with Gasteiger partial charge in [0.1, 0.15) is 0 Å². The lowest BCUT2D eigenvalue weighted by molar-refractivity contribution is 0.120. The highest BCUT2D eigenvalue weighted by atomic mass is 128. The van der Waals surface area contributed by atoms with Crippen LogP contribution in [0.25, 0.3) is 0 Å². The molecule has 0 N–H and O–H groups in total. The van der Waals surface area contributed by atoms with Crippen molar-refractivity contribution in [2.45, 2.75) is 33.2 Å². The van der Waals surface area contributed by atoms with Gasteiger partial charge in [0.15, 0.2) is 0 Å². The predicted molar refractivity (Wildman–Crippen MR) is 90.9 cm³/mol. The Hall–Kier alpha value is 0.705. The largest absolute Gasteiger partial charge is 0.378 e. The molecule has 0 fully saturated rings. The summed E-state index contributed by atoms with van der Waals surface area (Å²) in [5.41, 5.74) is 2.39. The molecule has 0 aliphatic heterocycles. The molecule has 0 spiro atoms. The Morgan fingerprint density at radius 2 is 1.88 bits per heavy atom. The van der Waals surface area contributed by atoms with Gasteiger partial charge in [-0.25, -0.2) is 0 Å². The smallest absolute Gasteiger partial charge is 0.0744 e. The Labute approximate surface area is 124 Å². The van der Waals surface area contributed by atoms with Crippen molar-refractivity contribution in [2.24, 2.45) is 0 Å². The maximum absolute atomic E-state index is 5.54. The molecule has 1 aromatic rings. The van der Waals surface area contributed by atoms with Crippen molar-refractivity contribution < 1.29 is 4.74 Å². The summed E-state index contributed by atoms with van der Waals surface area (Å²) in [4.78, 5) is 0. The molecule has 0 saturated carbocycles. The van der Waals surface area contributed by atoms with Crippen LogP contribution < -0.4 is 0 Å². The van der Waals surface area contributed by atoms with Gasteiger partial charge in [-0.1, -0.05) is 50.0 Å². The number of methoxy groups -OCH3 is 1. The first kappa shape index (κ1) is 19.1. The molecule has 2 radical (unpaired) electrons. The number of ether oxygens (including phenoxy) is 1. The van der Waals surface area contributed by atoms with E-state index in [2.05, 4.69) is 56.3 Å². The van der Waals surface area contributed by atoms with E-state index in [4.69, 9.17) is 12.6 Å². The maximum atomic E-state index is 5.54. The van der Waals surface area contributed by atoms with E-state index in [9.17, 15) is 0 Å². The molecule has 0 aliphatic rings. The van der Waals surface area contributed by atoms with Gasteiger partial charge in [0, 0.05) is 44.3 Å². The first-order valence-corrected chi connectivity index (χ1v) is 11.5. The fourth-order valence-electron chi connectivity index (χ4n) is 1.24. The molecular weight excluding hydrogens is 425 g/mol. The topological polar surface area (TPSA) is 9.23 Å². The highest BCUT2D eigenvalue weighted by Gasteiger charge is 2.05. The molecule has 16 heavy (non-hydrogen) atoms. The van der Waals surface area contributed by atoms with Gasteiger partial charge in [0.25, 0.3) is 0 Å². The van der Waals surface area contributed by atoms with Crippen LogP contribution in [-0.4, -0.2) is 15.0 Å². The Morgan fingerprint density at radius 1 is 1.31 bits per heavy atom. The van der Waals surface area contributed by atoms with E-state index in [-0.39, 0.29) is 6.10 Å². The van der Waals surface area contributed by atoms with Gasteiger partial charge in [0.05, 0.1) is 14.0 Å². The molecule has 0 saturated heterocycles. The van der Waals surface area contributed by atoms with Gasteiger partial charge in [-0.2, -0.15) is 0 Å². The summed E-state index contributed by atoms with van der Waals surface area (Å²) < 4.78 is 5.22. The van der Waals surface area contributed by atoms with Crippen LogP contribution in [0.4, 0.5) is 0 Å². The van der Waals surface area contributed by atoms with Crippen LogP contribution in [-0.2, 0) is 4.74 Å². The second kappa shape index (κ2) is 13.8. The zero-order valence-corrected chi connectivity index (χ0v) is 14.7. The van der Waals surface area contributed by atoms with Gasteiger partial charge in [-0.15, -0.1) is 0 Å². The molecule has 1 rings (SSSR count). The predicted octanol–water partition coefficient (Wildman–Crippen LogP) is 5.07. The summed E-state index contributed by atoms with van der Waals surface area (Å²) in [5, 5.41) is 0. The summed E-state index contributed by atoms with van der Waals surface area (Å²) in [7, 11) is 7.22. The van der Waals surface area contributed by atoms with Crippen LogP contribution in [0.1, 0.15) is 31.1 Å². The Bertz CT molecular complexity index is 253. The molecule has 0 amide bonds. The lowest BCUT2D eigenvalue weighted by atomic mass is 9.93. The second-order valence-corrected chi connectivity index (χ2v) is 2.87. The highest BCUT2D eigenvalue weighted by molar-refractivity contribution is 15.0. The molecule has 4 heteroatoms. The van der Waals surface area contributed by atoms with E-state index < -0.39 is 0 Å². The van der Waals surface area contributed by atoms with Gasteiger partial charge in [-0.05, 0) is 12.5 Å². The van der Waals surface area contributed by atoms with Crippen LogP contribution >= 0.6 is 37.2 Å². The lowest BCUT2D eigenvalue weighted by Gasteiger charge is -2.13. The van der Waals surface area contributed by atoms with Crippen molar-refractivity contribution in [3.05, 3.63) is 35.4 Å². The Balaban J connectivity index is 0. The number of aryl methyl sites for hydroxylation is 1. The highest BCUT2D eigenvalue weighted by Crippen LogP contribution is 2.19. The van der Waals surface area contributed by atoms with Crippen molar-refractivity contribution in [1.29, 1.82) is 0 Å². The quantitative estimate of drug-likeness (QED) is 0.468. The molecular formula is C12H19BI2O. The average molecular weight is 444 g/mol. The normalized spacial score (nSPS) is 10.4. The van der Waals surface area contributed by atoms with Gasteiger partial charge >= 0.3 is 0 Å². The monoisotopic (exact) mass is 444 g/mol. The van der Waals surface area contributed by atoms with Crippen LogP contribution in [0.2, 0.25) is 6.32 Å². The van der Waals surface area contributed by atoms with E-state index in [1.54, 1.807) is 7.11 Å². The molecule has 0 bridgehead atoms. The van der Waals surface area contributed by atoms with E-state index in [1.807, 2.05) is 26.0 Å². The molecule has 1 unspecified atom stereocenters. The van der Waals surface area contributed by atoms with Crippen molar-refractivity contribution >= 4 is 45.1 Å². The molecule has 1 atom stereocenters. The molecule has 0 aliphatic carbocycles. The third-order valence-corrected chi connectivity index (χ3v) is 1.91. The molecule has 1 aromatic carbocycles. The van der Waals surface area contributed by atoms with E-state index in [1.165, 1.54) is 5.56 Å². The molecule has 90 valence electrons. The number of hydrogen-bond acceptors (Lipinski definition) is 1. The second-order valence-electron chi connectivity index (χ2n) is 2.87. The van der Waals surface area contributed by atoms with Gasteiger partial charge in [-0.3, -0.25) is 0 Å².